The maximum Gasteiger partial charge on any atom is 0.244 e. The summed E-state index contributed by atoms with van der Waals surface area (Å²) in [4.78, 5) is 6.95. The van der Waals surface area contributed by atoms with E-state index in [4.69, 9.17) is 0 Å². The topological polar surface area (TPSA) is 56.8 Å². The van der Waals surface area contributed by atoms with Crippen molar-refractivity contribution in [2.75, 3.05) is 31.6 Å². The number of piperidine rings is 1. The van der Waals surface area contributed by atoms with Crippen LogP contribution in [0.15, 0.2) is 0 Å². The molecule has 1 aliphatic heterocycles. The van der Waals surface area contributed by atoms with Crippen LogP contribution >= 0.6 is 0 Å². The molecule has 2 heterocycles. The fourth-order valence-electron chi connectivity index (χ4n) is 2.74. The fraction of sp³-hybridized carbons (Fsp3) is 0.846. The van der Waals surface area contributed by atoms with Gasteiger partial charge in [-0.15, -0.1) is 5.10 Å². The van der Waals surface area contributed by atoms with Crippen LogP contribution in [0.5, 0.6) is 0 Å². The van der Waals surface area contributed by atoms with Gasteiger partial charge in [0.15, 0.2) is 0 Å². The Morgan fingerprint density at radius 2 is 2.00 bits per heavy atom. The van der Waals surface area contributed by atoms with Gasteiger partial charge in [-0.2, -0.15) is 4.98 Å². The van der Waals surface area contributed by atoms with E-state index in [-0.39, 0.29) is 0 Å². The molecule has 5 nitrogen and oxygen atoms in total. The summed E-state index contributed by atoms with van der Waals surface area (Å²) in [5, 5.41) is 10.7. The molecule has 2 aliphatic rings. The zero-order valence-corrected chi connectivity index (χ0v) is 11.2. The average Bonchev–Trinajstić information content (AvgIpc) is 3.07. The van der Waals surface area contributed by atoms with Gasteiger partial charge in [-0.25, -0.2) is 0 Å². The zero-order chi connectivity index (χ0) is 12.4. The highest BCUT2D eigenvalue weighted by atomic mass is 15.4. The van der Waals surface area contributed by atoms with E-state index in [1.165, 1.54) is 25.7 Å². The number of aromatic nitrogens is 3. The molecule has 0 radical (unpaired) electrons. The molecule has 5 heteroatoms. The second kappa shape index (κ2) is 5.26. The number of hydrogen-bond donors (Lipinski definition) is 2. The van der Waals surface area contributed by atoms with Gasteiger partial charge in [-0.1, -0.05) is 0 Å². The molecule has 0 amide bonds. The van der Waals surface area contributed by atoms with Gasteiger partial charge in [0.2, 0.25) is 5.95 Å². The standard InChI is InChI=1S/C13H23N5/c1-14-9-11-4-6-18(7-5-11)13-15-12(16-17-13)8-10-2-3-10/h10-11,14H,2-9H2,1H3,(H,15,16,17). The summed E-state index contributed by atoms with van der Waals surface area (Å²) in [6.45, 7) is 3.31. The third-order valence-corrected chi connectivity index (χ3v) is 4.09. The van der Waals surface area contributed by atoms with Crippen LogP contribution in [0.2, 0.25) is 0 Å². The first kappa shape index (κ1) is 12.0. The molecule has 1 saturated carbocycles. The third kappa shape index (κ3) is 2.83. The van der Waals surface area contributed by atoms with Gasteiger partial charge >= 0.3 is 0 Å². The van der Waals surface area contributed by atoms with Gasteiger partial charge in [0, 0.05) is 19.5 Å². The monoisotopic (exact) mass is 249 g/mol. The highest BCUT2D eigenvalue weighted by Crippen LogP contribution is 2.32. The summed E-state index contributed by atoms with van der Waals surface area (Å²) in [7, 11) is 2.03. The predicted octanol–water partition coefficient (Wildman–Crippen LogP) is 1.19. The molecule has 1 aromatic heterocycles. The lowest BCUT2D eigenvalue weighted by molar-refractivity contribution is 0.391. The molecule has 0 unspecified atom stereocenters. The van der Waals surface area contributed by atoms with E-state index in [0.29, 0.717) is 0 Å². The highest BCUT2D eigenvalue weighted by molar-refractivity contribution is 5.29. The van der Waals surface area contributed by atoms with Crippen molar-refractivity contribution >= 4 is 5.95 Å². The van der Waals surface area contributed by atoms with E-state index in [9.17, 15) is 0 Å². The number of H-pyrrole nitrogens is 1. The van der Waals surface area contributed by atoms with Gasteiger partial charge in [-0.05, 0) is 51.1 Å². The summed E-state index contributed by atoms with van der Waals surface area (Å²) < 4.78 is 0. The average molecular weight is 249 g/mol. The summed E-state index contributed by atoms with van der Waals surface area (Å²) in [6.07, 6.45) is 6.31. The summed E-state index contributed by atoms with van der Waals surface area (Å²) in [5.74, 6) is 3.67. The Labute approximate surface area is 108 Å². The minimum atomic E-state index is 0.816. The van der Waals surface area contributed by atoms with Crippen molar-refractivity contribution in [1.82, 2.24) is 20.5 Å². The van der Waals surface area contributed by atoms with E-state index in [1.54, 1.807) is 0 Å². The first-order chi connectivity index (χ1) is 8.85. The molecule has 0 bridgehead atoms. The normalized spacial score (nSPS) is 21.5. The fourth-order valence-corrected chi connectivity index (χ4v) is 2.74. The van der Waals surface area contributed by atoms with Crippen LogP contribution in [-0.4, -0.2) is 41.9 Å². The predicted molar refractivity (Wildman–Crippen MR) is 71.7 cm³/mol. The minimum absolute atomic E-state index is 0.816. The van der Waals surface area contributed by atoms with Crippen molar-refractivity contribution in [3.8, 4) is 0 Å². The SMILES string of the molecule is CNCC1CCN(c2n[nH]c(CC3CC3)n2)CC1. The Kier molecular flexibility index (Phi) is 3.50. The van der Waals surface area contributed by atoms with E-state index in [2.05, 4.69) is 25.4 Å². The number of aromatic amines is 1. The Morgan fingerprint density at radius 3 is 2.67 bits per heavy atom. The molecule has 0 atom stereocenters. The molecule has 2 N–H and O–H groups in total. The van der Waals surface area contributed by atoms with Gasteiger partial charge in [0.05, 0.1) is 0 Å². The van der Waals surface area contributed by atoms with Gasteiger partial charge in [0.1, 0.15) is 5.82 Å². The van der Waals surface area contributed by atoms with Crippen LogP contribution in [0.25, 0.3) is 0 Å². The Hall–Kier alpha value is -1.10. The summed E-state index contributed by atoms with van der Waals surface area (Å²) in [6, 6.07) is 0. The molecule has 1 aliphatic carbocycles. The van der Waals surface area contributed by atoms with Crippen LogP contribution in [0.4, 0.5) is 5.95 Å². The van der Waals surface area contributed by atoms with Crippen molar-refractivity contribution in [2.45, 2.75) is 32.1 Å². The van der Waals surface area contributed by atoms with E-state index in [1.807, 2.05) is 7.05 Å². The second-order valence-electron chi connectivity index (χ2n) is 5.72. The minimum Gasteiger partial charge on any atom is -0.340 e. The molecule has 0 spiro atoms. The number of nitrogens with one attached hydrogen (secondary N) is 2. The third-order valence-electron chi connectivity index (χ3n) is 4.09. The molecule has 18 heavy (non-hydrogen) atoms. The lowest BCUT2D eigenvalue weighted by atomic mass is 9.97. The van der Waals surface area contributed by atoms with Crippen molar-refractivity contribution in [1.29, 1.82) is 0 Å². The number of hydrogen-bond acceptors (Lipinski definition) is 4. The quantitative estimate of drug-likeness (QED) is 0.823. The zero-order valence-electron chi connectivity index (χ0n) is 11.2. The summed E-state index contributed by atoms with van der Waals surface area (Å²) >= 11 is 0. The Bertz CT molecular complexity index is 376. The van der Waals surface area contributed by atoms with Crippen LogP contribution in [0, 0.1) is 11.8 Å². The van der Waals surface area contributed by atoms with Crippen molar-refractivity contribution in [2.24, 2.45) is 11.8 Å². The Balaban J connectivity index is 1.53. The molecule has 0 aromatic carbocycles. The maximum atomic E-state index is 4.63. The molecular weight excluding hydrogens is 226 g/mol. The number of nitrogens with zero attached hydrogens (tertiary/aromatic N) is 3. The second-order valence-corrected chi connectivity index (χ2v) is 5.72. The molecule has 1 aromatic rings. The lowest BCUT2D eigenvalue weighted by Crippen LogP contribution is -2.37. The molecule has 2 fully saturated rings. The molecule has 1 saturated heterocycles. The van der Waals surface area contributed by atoms with Gasteiger partial charge in [-0.3, -0.25) is 5.10 Å². The van der Waals surface area contributed by atoms with Crippen molar-refractivity contribution < 1.29 is 0 Å². The van der Waals surface area contributed by atoms with E-state index >= 15 is 0 Å². The summed E-state index contributed by atoms with van der Waals surface area (Å²) in [5.41, 5.74) is 0. The van der Waals surface area contributed by atoms with E-state index < -0.39 is 0 Å². The molecular formula is C13H23N5. The molecule has 3 rings (SSSR count). The van der Waals surface area contributed by atoms with Crippen LogP contribution in [0.1, 0.15) is 31.5 Å². The largest absolute Gasteiger partial charge is 0.340 e. The first-order valence-corrected chi connectivity index (χ1v) is 7.16. The first-order valence-electron chi connectivity index (χ1n) is 7.16. The van der Waals surface area contributed by atoms with Crippen LogP contribution in [0.3, 0.4) is 0 Å². The Morgan fingerprint density at radius 1 is 1.22 bits per heavy atom. The van der Waals surface area contributed by atoms with Crippen LogP contribution in [-0.2, 0) is 6.42 Å². The number of rotatable bonds is 5. The highest BCUT2D eigenvalue weighted by Gasteiger charge is 2.25. The van der Waals surface area contributed by atoms with Crippen LogP contribution < -0.4 is 10.2 Å². The number of anilines is 1. The van der Waals surface area contributed by atoms with Crippen molar-refractivity contribution in [3.63, 3.8) is 0 Å². The van der Waals surface area contributed by atoms with Gasteiger partial charge in [0.25, 0.3) is 0 Å². The lowest BCUT2D eigenvalue weighted by Gasteiger charge is -2.30. The van der Waals surface area contributed by atoms with E-state index in [0.717, 1.165) is 49.7 Å². The van der Waals surface area contributed by atoms with Gasteiger partial charge < -0.3 is 10.2 Å². The maximum absolute atomic E-state index is 4.63. The smallest absolute Gasteiger partial charge is 0.244 e. The molecule has 100 valence electrons. The van der Waals surface area contributed by atoms with Crippen molar-refractivity contribution in [3.05, 3.63) is 5.82 Å².